The monoisotopic (exact) mass is 484 g/mol. The number of halogens is 6. The molecule has 0 amide bonds. The van der Waals surface area contributed by atoms with Crippen molar-refractivity contribution in [1.29, 1.82) is 0 Å². The van der Waals surface area contributed by atoms with Crippen molar-refractivity contribution < 1.29 is 53.2 Å². The van der Waals surface area contributed by atoms with Gasteiger partial charge in [0.05, 0.1) is 7.11 Å². The first-order chi connectivity index (χ1) is 13.9. The Morgan fingerprint density at radius 1 is 0.967 bits per heavy atom. The van der Waals surface area contributed by atoms with Gasteiger partial charge in [0.15, 0.2) is 0 Å². The Morgan fingerprint density at radius 2 is 1.53 bits per heavy atom. The van der Waals surface area contributed by atoms with Gasteiger partial charge < -0.3 is 4.18 Å². The predicted molar refractivity (Wildman–Crippen MR) is 93.4 cm³/mol. The molecule has 1 saturated carbocycles. The summed E-state index contributed by atoms with van der Waals surface area (Å²) in [5.41, 5.74) is 0.801. The molecular weight excluding hydrogens is 466 g/mol. The van der Waals surface area contributed by atoms with Gasteiger partial charge in [0.2, 0.25) is 0 Å². The lowest BCUT2D eigenvalue weighted by molar-refractivity contribution is -0.449. The van der Waals surface area contributed by atoms with Gasteiger partial charge in [-0.15, -0.1) is 4.33 Å². The van der Waals surface area contributed by atoms with Gasteiger partial charge in [-0.05, 0) is 36.5 Å². The van der Waals surface area contributed by atoms with Crippen LogP contribution in [0.5, 0.6) is 5.75 Å². The summed E-state index contributed by atoms with van der Waals surface area (Å²) in [5.74, 6) is -6.96. The number of rotatable bonds is 10. The van der Waals surface area contributed by atoms with E-state index in [1.165, 1.54) is 12.1 Å². The molecule has 1 aromatic rings. The van der Waals surface area contributed by atoms with Crippen LogP contribution in [-0.4, -0.2) is 32.0 Å². The Hall–Kier alpha value is -1.22. The maximum atomic E-state index is 14.0. The predicted octanol–water partition coefficient (Wildman–Crippen LogP) is 5.42. The van der Waals surface area contributed by atoms with E-state index in [-0.39, 0.29) is 5.92 Å². The molecule has 0 aromatic heterocycles. The first kappa shape index (κ1) is 25.0. The Balaban J connectivity index is 2.17. The minimum absolute atomic E-state index is 0.195. The smallest absolute Gasteiger partial charge is 0.378 e. The fourth-order valence-electron chi connectivity index (χ4n) is 2.87. The zero-order chi connectivity index (χ0) is 22.6. The Kier molecular flexibility index (Phi) is 7.94. The second-order valence-corrected chi connectivity index (χ2v) is 8.84. The zero-order valence-corrected chi connectivity index (χ0v) is 17.1. The average molecular weight is 484 g/mol. The molecule has 0 N–H and O–H groups in total. The molecule has 172 valence electrons. The van der Waals surface area contributed by atoms with Crippen LogP contribution in [-0.2, 0) is 24.4 Å². The minimum Gasteiger partial charge on any atom is -0.378 e. The molecule has 0 unspecified atom stereocenters. The molecule has 0 atom stereocenters. The fraction of sp³-hybridized carbons (Fsp3) is 0.625. The number of hydrogen-bond donors (Lipinski definition) is 0. The van der Waals surface area contributed by atoms with Gasteiger partial charge in [0, 0.05) is 0 Å². The second-order valence-electron chi connectivity index (χ2n) is 6.44. The fourth-order valence-corrected chi connectivity index (χ4v) is 4.25. The standard InChI is InChI=1S/C16H18F6O6S2/c1-25-27-28-29-15(19,20)14(17,18)16(21,22)30(23,24)26-13-9-7-12(8-10-13)11-5-3-2-4-6-11/h7-11H,2-6H2,1H3. The number of alkyl halides is 6. The Bertz CT molecular complexity index is 797. The highest BCUT2D eigenvalue weighted by atomic mass is 32.2. The van der Waals surface area contributed by atoms with E-state index in [9.17, 15) is 34.8 Å². The Labute approximate surface area is 173 Å². The van der Waals surface area contributed by atoms with Crippen molar-refractivity contribution in [2.75, 3.05) is 7.11 Å². The highest BCUT2D eigenvalue weighted by molar-refractivity contribution is 7.95. The van der Waals surface area contributed by atoms with Crippen LogP contribution in [0.3, 0.4) is 0 Å². The first-order valence-electron chi connectivity index (χ1n) is 8.58. The summed E-state index contributed by atoms with van der Waals surface area (Å²) < 4.78 is 113. The third-order valence-corrected chi connectivity index (χ3v) is 6.33. The Morgan fingerprint density at radius 3 is 2.07 bits per heavy atom. The van der Waals surface area contributed by atoms with E-state index in [1.54, 1.807) is 0 Å². The van der Waals surface area contributed by atoms with Gasteiger partial charge in [0.25, 0.3) is 0 Å². The molecule has 0 aliphatic heterocycles. The SMILES string of the molecule is COOOSC(F)(F)C(F)(F)C(F)(F)S(=O)(=O)Oc1ccc(C2CCCCC2)cc1. The van der Waals surface area contributed by atoms with Crippen LogP contribution in [0.15, 0.2) is 24.3 Å². The van der Waals surface area contributed by atoms with E-state index in [2.05, 4.69) is 18.4 Å². The second kappa shape index (κ2) is 9.51. The van der Waals surface area contributed by atoms with Gasteiger partial charge in [-0.2, -0.15) is 34.8 Å². The molecule has 14 heteroatoms. The van der Waals surface area contributed by atoms with Gasteiger partial charge >= 0.3 is 26.5 Å². The van der Waals surface area contributed by atoms with E-state index in [4.69, 9.17) is 0 Å². The summed E-state index contributed by atoms with van der Waals surface area (Å²) >= 11 is -1.55. The van der Waals surface area contributed by atoms with Crippen molar-refractivity contribution in [2.24, 2.45) is 0 Å². The molecule has 2 rings (SSSR count). The van der Waals surface area contributed by atoms with E-state index < -0.39 is 44.3 Å². The summed E-state index contributed by atoms with van der Waals surface area (Å²) in [6.45, 7) is 0. The van der Waals surface area contributed by atoms with Crippen LogP contribution >= 0.6 is 12.0 Å². The van der Waals surface area contributed by atoms with Gasteiger partial charge in [-0.3, -0.25) is 0 Å². The summed E-state index contributed by atoms with van der Waals surface area (Å²) in [6.07, 6.45) is 4.88. The van der Waals surface area contributed by atoms with E-state index in [0.717, 1.165) is 56.9 Å². The topological polar surface area (TPSA) is 71.1 Å². The number of hydrogen-bond acceptors (Lipinski definition) is 7. The first-order valence-corrected chi connectivity index (χ1v) is 10.7. The van der Waals surface area contributed by atoms with E-state index in [0.29, 0.717) is 0 Å². The van der Waals surface area contributed by atoms with Crippen LogP contribution in [0.25, 0.3) is 0 Å². The molecule has 0 bridgehead atoms. The van der Waals surface area contributed by atoms with Crippen LogP contribution in [0.2, 0.25) is 0 Å². The van der Waals surface area contributed by atoms with Crippen molar-refractivity contribution >= 4 is 22.2 Å². The molecule has 1 aliphatic carbocycles. The largest absolute Gasteiger partial charge is 0.450 e. The van der Waals surface area contributed by atoms with Gasteiger partial charge in [0.1, 0.15) is 17.8 Å². The molecule has 1 aromatic carbocycles. The molecule has 0 radical (unpaired) electrons. The summed E-state index contributed by atoms with van der Waals surface area (Å²) in [6, 6.07) is 4.82. The maximum Gasteiger partial charge on any atom is 0.450 e. The highest BCUT2D eigenvalue weighted by Gasteiger charge is 2.79. The lowest BCUT2D eigenvalue weighted by Gasteiger charge is -2.30. The summed E-state index contributed by atoms with van der Waals surface area (Å²) in [7, 11) is -5.77. The minimum atomic E-state index is -6.53. The van der Waals surface area contributed by atoms with Crippen molar-refractivity contribution in [3.8, 4) is 5.75 Å². The molecule has 0 heterocycles. The van der Waals surface area contributed by atoms with Gasteiger partial charge in [-0.25, -0.2) is 4.89 Å². The lowest BCUT2D eigenvalue weighted by atomic mass is 9.84. The van der Waals surface area contributed by atoms with Gasteiger partial charge in [-0.1, -0.05) is 36.4 Å². The van der Waals surface area contributed by atoms with Crippen molar-refractivity contribution in [3.63, 3.8) is 0 Å². The van der Waals surface area contributed by atoms with E-state index >= 15 is 0 Å². The van der Waals surface area contributed by atoms with Crippen LogP contribution < -0.4 is 4.18 Å². The quantitative estimate of drug-likeness (QED) is 0.110. The molecule has 1 aliphatic rings. The molecule has 0 saturated heterocycles. The summed E-state index contributed by atoms with van der Waals surface area (Å²) in [4.78, 5) is 3.68. The van der Waals surface area contributed by atoms with Crippen molar-refractivity contribution in [2.45, 2.75) is 54.5 Å². The molecule has 6 nitrogen and oxygen atoms in total. The average Bonchev–Trinajstić information content (AvgIpc) is 2.68. The van der Waals surface area contributed by atoms with Crippen molar-refractivity contribution in [1.82, 2.24) is 0 Å². The lowest BCUT2D eigenvalue weighted by Crippen LogP contribution is -2.57. The van der Waals surface area contributed by atoms with Crippen LogP contribution in [0, 0.1) is 0 Å². The zero-order valence-electron chi connectivity index (χ0n) is 15.5. The molecule has 30 heavy (non-hydrogen) atoms. The van der Waals surface area contributed by atoms with E-state index in [1.807, 2.05) is 0 Å². The normalized spacial score (nSPS) is 17.2. The third kappa shape index (κ3) is 5.15. The molecule has 1 fully saturated rings. The molecular formula is C16H18F6O6S2. The van der Waals surface area contributed by atoms with Crippen LogP contribution in [0.1, 0.15) is 43.6 Å². The summed E-state index contributed by atoms with van der Waals surface area (Å²) in [5, 5.41) is -8.59. The maximum absolute atomic E-state index is 14.0. The van der Waals surface area contributed by atoms with Crippen LogP contribution in [0.4, 0.5) is 26.3 Å². The highest BCUT2D eigenvalue weighted by Crippen LogP contribution is 2.53. The number of benzene rings is 1. The third-order valence-electron chi connectivity index (χ3n) is 4.44. The molecule has 0 spiro atoms. The van der Waals surface area contributed by atoms with Crippen molar-refractivity contribution in [3.05, 3.63) is 29.8 Å².